The van der Waals surface area contributed by atoms with E-state index in [1.807, 2.05) is 0 Å². The van der Waals surface area contributed by atoms with Crippen LogP contribution in [0.4, 0.5) is 5.69 Å². The van der Waals surface area contributed by atoms with Crippen molar-refractivity contribution in [3.05, 3.63) is 45.6 Å². The second-order valence-corrected chi connectivity index (χ2v) is 8.76. The molecule has 3 rings (SSSR count). The normalized spacial score (nSPS) is 16.0. The predicted octanol–water partition coefficient (Wildman–Crippen LogP) is 2.67. The molecule has 2 aromatic rings. The van der Waals surface area contributed by atoms with Crippen LogP contribution in [0.3, 0.4) is 0 Å². The average molecular weight is 387 g/mol. The van der Waals surface area contributed by atoms with Crippen LogP contribution in [-0.2, 0) is 14.8 Å². The fourth-order valence-corrected chi connectivity index (χ4v) is 4.69. The molecule has 128 valence electrons. The Morgan fingerprint density at radius 3 is 2.62 bits per heavy atom. The number of amides is 1. The van der Waals surface area contributed by atoms with Crippen LogP contribution >= 0.6 is 22.9 Å². The number of anilines is 1. The van der Waals surface area contributed by atoms with Gasteiger partial charge in [-0.15, -0.1) is 11.3 Å². The van der Waals surface area contributed by atoms with Crippen molar-refractivity contribution in [3.8, 4) is 0 Å². The van der Waals surface area contributed by atoms with Gasteiger partial charge in [0.25, 0.3) is 5.91 Å². The topological polar surface area (TPSA) is 75.7 Å². The lowest BCUT2D eigenvalue weighted by Gasteiger charge is -2.26. The van der Waals surface area contributed by atoms with Crippen LogP contribution in [0.5, 0.6) is 0 Å². The van der Waals surface area contributed by atoms with Gasteiger partial charge in [-0.1, -0.05) is 17.7 Å². The predicted molar refractivity (Wildman–Crippen MR) is 93.3 cm³/mol. The summed E-state index contributed by atoms with van der Waals surface area (Å²) in [6.07, 6.45) is 0. The summed E-state index contributed by atoms with van der Waals surface area (Å²) in [5.74, 6) is -0.326. The van der Waals surface area contributed by atoms with Crippen LogP contribution in [0.2, 0.25) is 4.34 Å². The number of hydrogen-bond acceptors (Lipinski definition) is 5. The molecule has 1 aromatic carbocycles. The minimum atomic E-state index is -3.60. The molecule has 1 aliphatic heterocycles. The summed E-state index contributed by atoms with van der Waals surface area (Å²) in [5.41, 5.74) is 0.416. The number of halogens is 1. The van der Waals surface area contributed by atoms with Crippen molar-refractivity contribution in [1.29, 1.82) is 0 Å². The van der Waals surface area contributed by atoms with Gasteiger partial charge in [0.1, 0.15) is 0 Å². The molecule has 1 saturated heterocycles. The highest BCUT2D eigenvalue weighted by Crippen LogP contribution is 2.24. The maximum absolute atomic E-state index is 12.6. The van der Waals surface area contributed by atoms with Crippen LogP contribution in [0.1, 0.15) is 9.67 Å². The van der Waals surface area contributed by atoms with Gasteiger partial charge >= 0.3 is 0 Å². The van der Waals surface area contributed by atoms with Crippen molar-refractivity contribution in [2.45, 2.75) is 4.90 Å². The van der Waals surface area contributed by atoms with E-state index in [0.717, 1.165) is 11.3 Å². The van der Waals surface area contributed by atoms with Crippen LogP contribution < -0.4 is 5.32 Å². The van der Waals surface area contributed by atoms with E-state index in [2.05, 4.69) is 5.32 Å². The Balaban J connectivity index is 1.80. The third kappa shape index (κ3) is 3.79. The Labute approximate surface area is 149 Å². The van der Waals surface area contributed by atoms with Crippen LogP contribution in [-0.4, -0.2) is 44.9 Å². The van der Waals surface area contributed by atoms with Crippen molar-refractivity contribution in [1.82, 2.24) is 4.31 Å². The van der Waals surface area contributed by atoms with Crippen molar-refractivity contribution in [2.24, 2.45) is 0 Å². The molecular formula is C15H15ClN2O4S2. The van der Waals surface area contributed by atoms with E-state index in [-0.39, 0.29) is 10.8 Å². The van der Waals surface area contributed by atoms with Gasteiger partial charge in [0, 0.05) is 18.8 Å². The van der Waals surface area contributed by atoms with E-state index < -0.39 is 10.0 Å². The minimum absolute atomic E-state index is 0.145. The van der Waals surface area contributed by atoms with Crippen LogP contribution in [0, 0.1) is 0 Å². The number of ether oxygens (including phenoxy) is 1. The zero-order valence-electron chi connectivity index (χ0n) is 12.6. The Morgan fingerprint density at radius 1 is 1.21 bits per heavy atom. The Kier molecular flexibility index (Phi) is 5.21. The third-order valence-corrected chi connectivity index (χ3v) is 6.62. The highest BCUT2D eigenvalue weighted by Gasteiger charge is 2.26. The molecule has 6 nitrogen and oxygen atoms in total. The largest absolute Gasteiger partial charge is 0.379 e. The van der Waals surface area contributed by atoms with E-state index >= 15 is 0 Å². The maximum atomic E-state index is 12.6. The molecule has 1 N–H and O–H groups in total. The van der Waals surface area contributed by atoms with E-state index in [0.29, 0.717) is 41.2 Å². The van der Waals surface area contributed by atoms with Crippen molar-refractivity contribution in [3.63, 3.8) is 0 Å². The molecule has 0 atom stereocenters. The van der Waals surface area contributed by atoms with Gasteiger partial charge < -0.3 is 10.1 Å². The van der Waals surface area contributed by atoms with Gasteiger partial charge in [-0.2, -0.15) is 4.31 Å². The number of nitrogens with one attached hydrogen (secondary N) is 1. The van der Waals surface area contributed by atoms with Gasteiger partial charge in [-0.3, -0.25) is 4.79 Å². The summed E-state index contributed by atoms with van der Waals surface area (Å²) in [6.45, 7) is 1.42. The Bertz CT molecular complexity index is 845. The number of rotatable bonds is 4. The molecule has 0 bridgehead atoms. The van der Waals surface area contributed by atoms with Gasteiger partial charge in [0.05, 0.1) is 27.3 Å². The molecule has 1 amide bonds. The molecule has 24 heavy (non-hydrogen) atoms. The second-order valence-electron chi connectivity index (χ2n) is 5.10. The summed E-state index contributed by atoms with van der Waals surface area (Å²) >= 11 is 6.98. The molecular weight excluding hydrogens is 372 g/mol. The summed E-state index contributed by atoms with van der Waals surface area (Å²) in [7, 11) is -3.60. The number of benzene rings is 1. The van der Waals surface area contributed by atoms with Gasteiger partial charge in [0.2, 0.25) is 10.0 Å². The van der Waals surface area contributed by atoms with E-state index in [1.54, 1.807) is 24.3 Å². The van der Waals surface area contributed by atoms with E-state index in [4.69, 9.17) is 16.3 Å². The second kappa shape index (κ2) is 7.20. The number of hydrogen-bond donors (Lipinski definition) is 1. The number of carbonyl (C=O) groups is 1. The van der Waals surface area contributed by atoms with E-state index in [9.17, 15) is 13.2 Å². The molecule has 0 aliphatic carbocycles. The quantitative estimate of drug-likeness (QED) is 0.876. The first-order valence-corrected chi connectivity index (χ1v) is 9.85. The lowest BCUT2D eigenvalue weighted by atomic mass is 10.3. The molecule has 0 radical (unpaired) electrons. The van der Waals surface area contributed by atoms with Crippen molar-refractivity contribution >= 4 is 44.6 Å². The van der Waals surface area contributed by atoms with Crippen LogP contribution in [0.15, 0.2) is 41.3 Å². The zero-order chi connectivity index (χ0) is 17.2. The molecule has 0 spiro atoms. The zero-order valence-corrected chi connectivity index (χ0v) is 15.0. The Hall–Kier alpha value is -1.45. The van der Waals surface area contributed by atoms with E-state index in [1.165, 1.54) is 16.4 Å². The average Bonchev–Trinajstić information content (AvgIpc) is 3.02. The number of carbonyl (C=O) groups excluding carboxylic acids is 1. The monoisotopic (exact) mass is 386 g/mol. The molecule has 2 heterocycles. The summed E-state index contributed by atoms with van der Waals surface area (Å²) < 4.78 is 32.4. The lowest BCUT2D eigenvalue weighted by molar-refractivity contribution is 0.0730. The number of morpholine rings is 1. The van der Waals surface area contributed by atoms with Gasteiger partial charge in [-0.05, 0) is 30.3 Å². The molecule has 0 unspecified atom stereocenters. The van der Waals surface area contributed by atoms with Crippen molar-refractivity contribution in [2.75, 3.05) is 31.6 Å². The highest BCUT2D eigenvalue weighted by atomic mass is 35.5. The molecule has 1 aromatic heterocycles. The van der Waals surface area contributed by atoms with Gasteiger partial charge in [0.15, 0.2) is 0 Å². The first-order chi connectivity index (χ1) is 11.5. The first kappa shape index (κ1) is 17.4. The molecule has 0 saturated carbocycles. The molecule has 1 fully saturated rings. The standard InChI is InChI=1S/C15H15ClN2O4S2/c16-14-5-4-13(23-14)15(19)17-11-2-1-3-12(10-11)24(20,21)18-6-8-22-9-7-18/h1-5,10H,6-9H2,(H,17,19). The SMILES string of the molecule is O=C(Nc1cccc(S(=O)(=O)N2CCOCC2)c1)c1ccc(Cl)s1. The fourth-order valence-electron chi connectivity index (χ4n) is 2.30. The van der Waals surface area contributed by atoms with Crippen molar-refractivity contribution < 1.29 is 17.9 Å². The smallest absolute Gasteiger partial charge is 0.265 e. The summed E-state index contributed by atoms with van der Waals surface area (Å²) in [6, 6.07) is 9.48. The van der Waals surface area contributed by atoms with Gasteiger partial charge in [-0.25, -0.2) is 8.42 Å². The highest BCUT2D eigenvalue weighted by molar-refractivity contribution is 7.89. The van der Waals surface area contributed by atoms with Crippen LogP contribution in [0.25, 0.3) is 0 Å². The number of nitrogens with zero attached hydrogens (tertiary/aromatic N) is 1. The maximum Gasteiger partial charge on any atom is 0.265 e. The third-order valence-electron chi connectivity index (χ3n) is 3.50. The fraction of sp³-hybridized carbons (Fsp3) is 0.267. The molecule has 9 heteroatoms. The molecule has 1 aliphatic rings. The number of sulfonamides is 1. The summed E-state index contributed by atoms with van der Waals surface area (Å²) in [5, 5.41) is 2.69. The minimum Gasteiger partial charge on any atom is -0.379 e. The summed E-state index contributed by atoms with van der Waals surface area (Å²) in [4.78, 5) is 12.8. The Morgan fingerprint density at radius 2 is 1.96 bits per heavy atom. The number of thiophene rings is 1. The lowest BCUT2D eigenvalue weighted by Crippen LogP contribution is -2.40. The first-order valence-electron chi connectivity index (χ1n) is 7.21.